The first-order valence-corrected chi connectivity index (χ1v) is 12.5. The lowest BCUT2D eigenvalue weighted by Gasteiger charge is -2.37. The van der Waals surface area contributed by atoms with Crippen molar-refractivity contribution in [3.8, 4) is 5.69 Å². The highest BCUT2D eigenvalue weighted by Gasteiger charge is 2.34. The fourth-order valence-electron chi connectivity index (χ4n) is 4.77. The van der Waals surface area contributed by atoms with Crippen molar-refractivity contribution in [1.29, 1.82) is 0 Å². The van der Waals surface area contributed by atoms with E-state index in [1.165, 1.54) is 0 Å². The third-order valence-electron chi connectivity index (χ3n) is 6.41. The molecule has 2 aliphatic rings. The van der Waals surface area contributed by atoms with Gasteiger partial charge in [-0.2, -0.15) is 0 Å². The minimum atomic E-state index is -2.89. The second-order valence-corrected chi connectivity index (χ2v) is 10.6. The number of carbonyl (C=O) groups is 1. The lowest BCUT2D eigenvalue weighted by Crippen LogP contribution is -2.52. The van der Waals surface area contributed by atoms with Gasteiger partial charge in [-0.15, -0.1) is 0 Å². The van der Waals surface area contributed by atoms with Gasteiger partial charge in [0.1, 0.15) is 5.82 Å². The van der Waals surface area contributed by atoms with Crippen LogP contribution in [0, 0.1) is 6.92 Å². The van der Waals surface area contributed by atoms with Crippen LogP contribution in [0.25, 0.3) is 16.7 Å². The summed E-state index contributed by atoms with van der Waals surface area (Å²) in [5.74, 6) is 1.42. The van der Waals surface area contributed by atoms with E-state index in [1.54, 1.807) is 0 Å². The normalized spacial score (nSPS) is 21.6. The number of aromatic nitrogens is 2. The molecule has 0 N–H and O–H groups in total. The van der Waals surface area contributed by atoms with Gasteiger partial charge in [-0.1, -0.05) is 18.2 Å². The third kappa shape index (κ3) is 3.85. The van der Waals surface area contributed by atoms with Gasteiger partial charge in [-0.3, -0.25) is 14.3 Å². The molecule has 3 heterocycles. The van der Waals surface area contributed by atoms with Crippen LogP contribution in [0.3, 0.4) is 0 Å². The number of piperazine rings is 1. The molecule has 2 aromatic carbocycles. The first-order valence-electron chi connectivity index (χ1n) is 10.7. The predicted molar refractivity (Wildman–Crippen MR) is 120 cm³/mol. The molecule has 1 unspecified atom stereocenters. The largest absolute Gasteiger partial charge is 0.336 e. The number of hydrogen-bond acceptors (Lipinski definition) is 5. The Labute approximate surface area is 182 Å². The lowest BCUT2D eigenvalue weighted by atomic mass is 10.1. The third-order valence-corrected chi connectivity index (χ3v) is 8.16. The predicted octanol–water partition coefficient (Wildman–Crippen LogP) is 2.28. The van der Waals surface area contributed by atoms with E-state index in [0.29, 0.717) is 25.1 Å². The molecule has 162 valence electrons. The van der Waals surface area contributed by atoms with Crippen molar-refractivity contribution in [1.82, 2.24) is 19.4 Å². The molecule has 8 heteroatoms. The maximum Gasteiger partial charge on any atom is 0.254 e. The number of imidazole rings is 1. The summed E-state index contributed by atoms with van der Waals surface area (Å²) in [5, 5.41) is 0. The maximum absolute atomic E-state index is 13.1. The number of aryl methyl sites for hydroxylation is 1. The smallest absolute Gasteiger partial charge is 0.254 e. The summed E-state index contributed by atoms with van der Waals surface area (Å²) < 4.78 is 25.6. The Morgan fingerprint density at radius 1 is 1.03 bits per heavy atom. The van der Waals surface area contributed by atoms with E-state index in [9.17, 15) is 13.2 Å². The number of sulfone groups is 1. The monoisotopic (exact) mass is 438 g/mol. The molecule has 3 aromatic rings. The van der Waals surface area contributed by atoms with E-state index >= 15 is 0 Å². The fourth-order valence-corrected chi connectivity index (χ4v) is 6.53. The highest BCUT2D eigenvalue weighted by molar-refractivity contribution is 7.91. The zero-order valence-corrected chi connectivity index (χ0v) is 18.4. The Kier molecular flexibility index (Phi) is 5.06. The maximum atomic E-state index is 13.1. The van der Waals surface area contributed by atoms with Gasteiger partial charge in [0.25, 0.3) is 5.91 Å². The van der Waals surface area contributed by atoms with E-state index in [0.717, 1.165) is 35.6 Å². The highest BCUT2D eigenvalue weighted by Crippen LogP contribution is 2.24. The summed E-state index contributed by atoms with van der Waals surface area (Å²) in [6.07, 6.45) is 0.705. The molecule has 1 amide bonds. The lowest BCUT2D eigenvalue weighted by molar-refractivity contribution is 0.0588. The Balaban J connectivity index is 1.32. The molecule has 0 radical (unpaired) electrons. The van der Waals surface area contributed by atoms with Crippen LogP contribution in [0.5, 0.6) is 0 Å². The minimum absolute atomic E-state index is 0.00695. The summed E-state index contributed by atoms with van der Waals surface area (Å²) in [7, 11) is -2.89. The van der Waals surface area contributed by atoms with Crippen molar-refractivity contribution in [2.45, 2.75) is 19.4 Å². The van der Waals surface area contributed by atoms with Crippen LogP contribution in [0.2, 0.25) is 0 Å². The van der Waals surface area contributed by atoms with E-state index in [-0.39, 0.29) is 23.5 Å². The Bertz CT molecular complexity index is 1230. The molecule has 0 aliphatic carbocycles. The summed E-state index contributed by atoms with van der Waals surface area (Å²) in [6.45, 7) is 4.64. The molecule has 2 fully saturated rings. The molecule has 2 saturated heterocycles. The second-order valence-electron chi connectivity index (χ2n) is 8.42. The van der Waals surface area contributed by atoms with Crippen LogP contribution in [0.15, 0.2) is 48.5 Å². The van der Waals surface area contributed by atoms with Gasteiger partial charge in [0.15, 0.2) is 9.84 Å². The average Bonchev–Trinajstić information content (AvgIpc) is 3.31. The average molecular weight is 439 g/mol. The van der Waals surface area contributed by atoms with Gasteiger partial charge >= 0.3 is 0 Å². The van der Waals surface area contributed by atoms with Gasteiger partial charge in [-0.05, 0) is 43.7 Å². The molecule has 0 bridgehead atoms. The van der Waals surface area contributed by atoms with Crippen LogP contribution >= 0.6 is 0 Å². The molecular weight excluding hydrogens is 412 g/mol. The zero-order chi connectivity index (χ0) is 21.6. The quantitative estimate of drug-likeness (QED) is 0.627. The van der Waals surface area contributed by atoms with Crippen molar-refractivity contribution >= 4 is 26.8 Å². The van der Waals surface area contributed by atoms with Gasteiger partial charge in [0, 0.05) is 43.5 Å². The van der Waals surface area contributed by atoms with E-state index < -0.39 is 9.84 Å². The van der Waals surface area contributed by atoms with Crippen molar-refractivity contribution in [2.24, 2.45) is 0 Å². The Morgan fingerprint density at radius 2 is 1.77 bits per heavy atom. The molecule has 1 atom stereocenters. The standard InChI is InChI=1S/C23H26N4O3S/c1-17-24-21-15-18(7-8-22(21)27(17)19-5-3-2-4-6-19)23(28)26-12-10-25(11-13-26)20-9-14-31(29,30)16-20/h2-8,15,20H,9-14,16H2,1H3. The number of amides is 1. The number of nitrogens with zero attached hydrogens (tertiary/aromatic N) is 4. The first-order chi connectivity index (χ1) is 14.9. The number of carbonyl (C=O) groups excluding carboxylic acids is 1. The van der Waals surface area contributed by atoms with Crippen LogP contribution < -0.4 is 0 Å². The van der Waals surface area contributed by atoms with Crippen LogP contribution in [-0.4, -0.2) is 77.4 Å². The molecule has 5 rings (SSSR count). The highest BCUT2D eigenvalue weighted by atomic mass is 32.2. The van der Waals surface area contributed by atoms with E-state index in [1.807, 2.05) is 60.4 Å². The minimum Gasteiger partial charge on any atom is -0.336 e. The second kappa shape index (κ2) is 7.76. The molecule has 2 aliphatic heterocycles. The molecule has 7 nitrogen and oxygen atoms in total. The number of hydrogen-bond donors (Lipinski definition) is 0. The Hall–Kier alpha value is -2.71. The van der Waals surface area contributed by atoms with Gasteiger partial charge in [-0.25, -0.2) is 13.4 Å². The van der Waals surface area contributed by atoms with Crippen molar-refractivity contribution in [3.63, 3.8) is 0 Å². The van der Waals surface area contributed by atoms with Crippen LogP contribution in [0.1, 0.15) is 22.6 Å². The topological polar surface area (TPSA) is 75.5 Å². The van der Waals surface area contributed by atoms with Crippen LogP contribution in [-0.2, 0) is 9.84 Å². The molecule has 0 saturated carbocycles. The number of para-hydroxylation sites is 1. The van der Waals surface area contributed by atoms with Crippen molar-refractivity contribution < 1.29 is 13.2 Å². The van der Waals surface area contributed by atoms with E-state index in [4.69, 9.17) is 0 Å². The summed E-state index contributed by atoms with van der Waals surface area (Å²) in [4.78, 5) is 21.9. The van der Waals surface area contributed by atoms with Crippen LogP contribution in [0.4, 0.5) is 0 Å². The SMILES string of the molecule is Cc1nc2cc(C(=O)N3CCN(C4CCS(=O)(=O)C4)CC3)ccc2n1-c1ccccc1. The molecule has 31 heavy (non-hydrogen) atoms. The molecule has 0 spiro atoms. The number of benzene rings is 2. The Morgan fingerprint density at radius 3 is 2.45 bits per heavy atom. The molecular formula is C23H26N4O3S. The zero-order valence-electron chi connectivity index (χ0n) is 17.6. The van der Waals surface area contributed by atoms with Crippen molar-refractivity contribution in [3.05, 3.63) is 59.9 Å². The van der Waals surface area contributed by atoms with Gasteiger partial charge in [0.2, 0.25) is 0 Å². The molecule has 1 aromatic heterocycles. The summed E-state index contributed by atoms with van der Waals surface area (Å²) in [5.41, 5.74) is 3.48. The first kappa shape index (κ1) is 20.2. The number of rotatable bonds is 3. The summed E-state index contributed by atoms with van der Waals surface area (Å²) >= 11 is 0. The number of fused-ring (bicyclic) bond motifs is 1. The van der Waals surface area contributed by atoms with Gasteiger partial charge < -0.3 is 4.90 Å². The van der Waals surface area contributed by atoms with E-state index in [2.05, 4.69) is 14.5 Å². The van der Waals surface area contributed by atoms with Crippen molar-refractivity contribution in [2.75, 3.05) is 37.7 Å². The fraction of sp³-hybridized carbons (Fsp3) is 0.391. The van der Waals surface area contributed by atoms with Gasteiger partial charge in [0.05, 0.1) is 22.5 Å². The summed E-state index contributed by atoms with van der Waals surface area (Å²) in [6, 6.07) is 15.9.